The minimum absolute atomic E-state index is 0.277. The van der Waals surface area contributed by atoms with E-state index in [-0.39, 0.29) is 9.93 Å². The van der Waals surface area contributed by atoms with Gasteiger partial charge < -0.3 is 9.64 Å². The molecule has 0 bridgehead atoms. The van der Waals surface area contributed by atoms with Crippen LogP contribution in [-0.2, 0) is 4.74 Å². The predicted molar refractivity (Wildman–Crippen MR) is 69.2 cm³/mol. The van der Waals surface area contributed by atoms with Gasteiger partial charge in [0, 0.05) is 11.4 Å². The minimum atomic E-state index is -0.362. The van der Waals surface area contributed by atoms with E-state index in [4.69, 9.17) is 16.3 Å². The van der Waals surface area contributed by atoms with E-state index in [0.717, 1.165) is 18.9 Å². The number of rotatable bonds is 1. The highest BCUT2D eigenvalue weighted by molar-refractivity contribution is 8.02. The maximum atomic E-state index is 6.59. The van der Waals surface area contributed by atoms with Crippen molar-refractivity contribution in [1.82, 2.24) is 0 Å². The highest BCUT2D eigenvalue weighted by Crippen LogP contribution is 2.56. The molecule has 3 rings (SSSR count). The van der Waals surface area contributed by atoms with Crippen molar-refractivity contribution in [3.05, 3.63) is 30.3 Å². The van der Waals surface area contributed by atoms with Crippen molar-refractivity contribution >= 4 is 29.1 Å². The molecule has 16 heavy (non-hydrogen) atoms. The molecule has 1 aromatic rings. The summed E-state index contributed by atoms with van der Waals surface area (Å²) in [5.41, 5.74) is 0.822. The number of fused-ring (bicyclic) bond motifs is 1. The van der Waals surface area contributed by atoms with Crippen molar-refractivity contribution in [3.63, 3.8) is 0 Å². The Morgan fingerprint density at radius 3 is 2.81 bits per heavy atom. The molecule has 0 aromatic heterocycles. The van der Waals surface area contributed by atoms with Crippen LogP contribution in [0.25, 0.3) is 0 Å². The molecule has 2 saturated heterocycles. The second kappa shape index (κ2) is 3.56. The Labute approximate surface area is 105 Å². The lowest BCUT2D eigenvalue weighted by Crippen LogP contribution is -2.76. The Hall–Kier alpha value is -0.380. The fourth-order valence-electron chi connectivity index (χ4n) is 2.37. The van der Waals surface area contributed by atoms with Crippen LogP contribution in [0.2, 0.25) is 0 Å². The van der Waals surface area contributed by atoms with Gasteiger partial charge in [-0.1, -0.05) is 18.2 Å². The van der Waals surface area contributed by atoms with Crippen LogP contribution in [0.5, 0.6) is 0 Å². The topological polar surface area (TPSA) is 12.5 Å². The van der Waals surface area contributed by atoms with Gasteiger partial charge >= 0.3 is 0 Å². The van der Waals surface area contributed by atoms with E-state index in [2.05, 4.69) is 24.0 Å². The molecular formula is C12H14ClNOS. The van der Waals surface area contributed by atoms with Gasteiger partial charge in [0.1, 0.15) is 0 Å². The normalized spacial score (nSPS) is 37.8. The lowest BCUT2D eigenvalue weighted by Gasteiger charge is -2.63. The first-order valence-electron chi connectivity index (χ1n) is 5.45. The van der Waals surface area contributed by atoms with Gasteiger partial charge in [0.15, 0.2) is 9.93 Å². The number of hydrogen-bond acceptors (Lipinski definition) is 3. The van der Waals surface area contributed by atoms with Crippen molar-refractivity contribution in [1.29, 1.82) is 0 Å². The van der Waals surface area contributed by atoms with E-state index < -0.39 is 0 Å². The first-order chi connectivity index (χ1) is 7.66. The zero-order chi connectivity index (χ0) is 11.2. The maximum Gasteiger partial charge on any atom is 0.168 e. The smallest absolute Gasteiger partial charge is 0.168 e. The van der Waals surface area contributed by atoms with Gasteiger partial charge in [-0.15, -0.1) is 23.4 Å². The van der Waals surface area contributed by atoms with Gasteiger partial charge in [-0.05, 0) is 19.1 Å². The summed E-state index contributed by atoms with van der Waals surface area (Å²) < 4.78 is 5.63. The zero-order valence-corrected chi connectivity index (χ0v) is 10.7. The zero-order valence-electron chi connectivity index (χ0n) is 9.15. The Morgan fingerprint density at radius 1 is 1.38 bits per heavy atom. The van der Waals surface area contributed by atoms with E-state index in [9.17, 15) is 0 Å². The molecule has 2 aliphatic rings. The Balaban J connectivity index is 1.91. The predicted octanol–water partition coefficient (Wildman–Crippen LogP) is 2.92. The van der Waals surface area contributed by atoms with E-state index in [1.165, 1.54) is 5.69 Å². The number of alkyl halides is 1. The van der Waals surface area contributed by atoms with Crippen LogP contribution < -0.4 is 4.90 Å². The van der Waals surface area contributed by atoms with Crippen LogP contribution in [0.4, 0.5) is 5.69 Å². The summed E-state index contributed by atoms with van der Waals surface area (Å²) in [4.78, 5) is 2.24. The van der Waals surface area contributed by atoms with E-state index in [0.29, 0.717) is 0 Å². The molecule has 2 atom stereocenters. The number of halogens is 1. The average molecular weight is 256 g/mol. The summed E-state index contributed by atoms with van der Waals surface area (Å²) in [5, 5.41) is 0. The van der Waals surface area contributed by atoms with E-state index >= 15 is 0 Å². The molecule has 0 aliphatic carbocycles. The molecule has 86 valence electrons. The lowest BCUT2D eigenvalue weighted by atomic mass is 9.96. The third-order valence-electron chi connectivity index (χ3n) is 3.43. The maximum absolute atomic E-state index is 6.59. The molecule has 0 unspecified atom stereocenters. The summed E-state index contributed by atoms with van der Waals surface area (Å²) in [5.74, 6) is 0.988. The number of nitrogens with zero attached hydrogens (tertiary/aromatic N) is 1. The van der Waals surface area contributed by atoms with Crippen LogP contribution >= 0.6 is 23.4 Å². The van der Waals surface area contributed by atoms with E-state index in [1.807, 2.05) is 30.0 Å². The first kappa shape index (κ1) is 10.8. The summed E-state index contributed by atoms with van der Waals surface area (Å²) in [7, 11) is 0. The van der Waals surface area contributed by atoms with Crippen molar-refractivity contribution in [2.75, 3.05) is 23.8 Å². The van der Waals surface area contributed by atoms with Crippen molar-refractivity contribution in [3.8, 4) is 0 Å². The average Bonchev–Trinajstić information content (AvgIpc) is 2.31. The first-order valence-corrected chi connectivity index (χ1v) is 6.82. The van der Waals surface area contributed by atoms with Crippen LogP contribution in [0.3, 0.4) is 0 Å². The SMILES string of the molecule is C[C@]12OCCS[C@@]1(Cl)CN2c1ccccc1. The standard InChI is InChI=1S/C12H14ClNOS/c1-11-12(13,16-8-7-15-11)9-14(11)10-5-3-2-4-6-10/h2-6H,7-9H2,1H3/t11-,12-/m0/s1. The van der Waals surface area contributed by atoms with Crippen molar-refractivity contribution < 1.29 is 4.74 Å². The molecular weight excluding hydrogens is 242 g/mol. The third-order valence-corrected chi connectivity index (χ3v) is 5.57. The van der Waals surface area contributed by atoms with Crippen molar-refractivity contribution in [2.24, 2.45) is 0 Å². The van der Waals surface area contributed by atoms with Gasteiger partial charge in [0.25, 0.3) is 0 Å². The summed E-state index contributed by atoms with van der Waals surface area (Å²) in [6.07, 6.45) is 0. The quantitative estimate of drug-likeness (QED) is 0.716. The molecule has 2 nitrogen and oxygen atoms in total. The molecule has 0 spiro atoms. The Bertz CT molecular complexity index is 401. The molecule has 2 fully saturated rings. The highest BCUT2D eigenvalue weighted by Gasteiger charge is 2.64. The van der Waals surface area contributed by atoms with Crippen LogP contribution in [-0.4, -0.2) is 28.8 Å². The van der Waals surface area contributed by atoms with Crippen molar-refractivity contribution in [2.45, 2.75) is 16.9 Å². The molecule has 2 heterocycles. The number of para-hydroxylation sites is 1. The van der Waals surface area contributed by atoms with Crippen LogP contribution in [0.1, 0.15) is 6.92 Å². The molecule has 0 radical (unpaired) electrons. The molecule has 1 aromatic carbocycles. The number of ether oxygens (including phenoxy) is 1. The van der Waals surface area contributed by atoms with E-state index in [1.54, 1.807) is 0 Å². The van der Waals surface area contributed by atoms with Gasteiger partial charge in [-0.2, -0.15) is 0 Å². The number of anilines is 1. The fraction of sp³-hybridized carbons (Fsp3) is 0.500. The summed E-state index contributed by atoms with van der Waals surface area (Å²) in [6.45, 7) is 3.71. The van der Waals surface area contributed by atoms with Gasteiger partial charge in [-0.3, -0.25) is 0 Å². The molecule has 4 heteroatoms. The molecule has 0 N–H and O–H groups in total. The highest BCUT2D eigenvalue weighted by atomic mass is 35.5. The Morgan fingerprint density at radius 2 is 2.12 bits per heavy atom. The molecule has 2 aliphatic heterocycles. The summed E-state index contributed by atoms with van der Waals surface area (Å²) >= 11 is 8.40. The van der Waals surface area contributed by atoms with Gasteiger partial charge in [0.05, 0.1) is 13.2 Å². The second-order valence-corrected chi connectivity index (χ2v) is 6.59. The Kier molecular flexibility index (Phi) is 2.39. The fourth-order valence-corrected chi connectivity index (χ4v) is 4.02. The number of thioether (sulfide) groups is 1. The van der Waals surface area contributed by atoms with Gasteiger partial charge in [0.2, 0.25) is 0 Å². The number of benzene rings is 1. The molecule has 0 saturated carbocycles. The second-order valence-electron chi connectivity index (χ2n) is 4.33. The summed E-state index contributed by atoms with van der Waals surface area (Å²) in [6, 6.07) is 10.3. The monoisotopic (exact) mass is 255 g/mol. The largest absolute Gasteiger partial charge is 0.352 e. The van der Waals surface area contributed by atoms with Gasteiger partial charge in [-0.25, -0.2) is 0 Å². The lowest BCUT2D eigenvalue weighted by molar-refractivity contribution is -0.0781. The van der Waals surface area contributed by atoms with Crippen LogP contribution in [0, 0.1) is 0 Å². The minimum Gasteiger partial charge on any atom is -0.352 e. The molecule has 0 amide bonds. The number of hydrogen-bond donors (Lipinski definition) is 0. The third kappa shape index (κ3) is 1.31. The van der Waals surface area contributed by atoms with Crippen LogP contribution in [0.15, 0.2) is 30.3 Å².